The molecule has 78 valence electrons. The van der Waals surface area contributed by atoms with E-state index in [1.54, 1.807) is 0 Å². The molecule has 0 amide bonds. The number of nitrogens with one attached hydrogen (secondary N) is 1. The molecular weight excluding hydrogens is 162 g/mol. The Labute approximate surface area is 82.2 Å². The molecule has 2 heteroatoms. The van der Waals surface area contributed by atoms with Crippen molar-refractivity contribution in [2.24, 2.45) is 10.8 Å². The van der Waals surface area contributed by atoms with E-state index < -0.39 is 0 Å². The van der Waals surface area contributed by atoms with E-state index in [-0.39, 0.29) is 10.8 Å². The van der Waals surface area contributed by atoms with Crippen LogP contribution in [-0.2, 0) is 4.74 Å². The third-order valence-electron chi connectivity index (χ3n) is 1.78. The Morgan fingerprint density at radius 2 is 1.54 bits per heavy atom. The van der Waals surface area contributed by atoms with Crippen molar-refractivity contribution < 1.29 is 4.74 Å². The molecule has 0 fully saturated rings. The first-order valence-corrected chi connectivity index (χ1v) is 4.85. The number of hydrogen-bond donors (Lipinski definition) is 1. The quantitative estimate of drug-likeness (QED) is 0.518. The molecule has 0 aromatic heterocycles. The second-order valence-electron chi connectivity index (χ2n) is 5.74. The fourth-order valence-corrected chi connectivity index (χ4v) is 0.676. The third kappa shape index (κ3) is 6.62. The zero-order chi connectivity index (χ0) is 10.7. The topological polar surface area (TPSA) is 33.1 Å². The summed E-state index contributed by atoms with van der Waals surface area (Å²) in [7, 11) is 0. The molecule has 0 aliphatic carbocycles. The molecule has 0 heterocycles. The summed E-state index contributed by atoms with van der Waals surface area (Å²) in [6.07, 6.45) is 0.992. The zero-order valence-electron chi connectivity index (χ0n) is 9.82. The smallest absolute Gasteiger partial charge is 0.185 e. The van der Waals surface area contributed by atoms with Crippen molar-refractivity contribution in [3.63, 3.8) is 0 Å². The van der Waals surface area contributed by atoms with Crippen LogP contribution in [0.15, 0.2) is 0 Å². The highest BCUT2D eigenvalue weighted by atomic mass is 16.5. The van der Waals surface area contributed by atoms with E-state index in [0.717, 1.165) is 6.42 Å². The number of hydrogen-bond acceptors (Lipinski definition) is 2. The second-order valence-corrected chi connectivity index (χ2v) is 5.74. The van der Waals surface area contributed by atoms with Crippen molar-refractivity contribution in [3.05, 3.63) is 0 Å². The van der Waals surface area contributed by atoms with E-state index in [0.29, 0.717) is 12.5 Å². The van der Waals surface area contributed by atoms with Crippen LogP contribution in [0.5, 0.6) is 0 Å². The second kappa shape index (κ2) is 4.12. The van der Waals surface area contributed by atoms with Gasteiger partial charge in [-0.15, -0.1) is 0 Å². The van der Waals surface area contributed by atoms with E-state index in [4.69, 9.17) is 10.1 Å². The van der Waals surface area contributed by atoms with Crippen molar-refractivity contribution in [1.29, 1.82) is 5.41 Å². The molecular formula is C11H23NO. The van der Waals surface area contributed by atoms with Gasteiger partial charge in [0.1, 0.15) is 0 Å². The molecule has 0 radical (unpaired) electrons. The van der Waals surface area contributed by atoms with Crippen molar-refractivity contribution in [2.75, 3.05) is 6.61 Å². The summed E-state index contributed by atoms with van der Waals surface area (Å²) in [5.41, 5.74) is 0.135. The molecule has 0 atom stereocenters. The summed E-state index contributed by atoms with van der Waals surface area (Å²) in [5, 5.41) is 7.63. The maximum absolute atomic E-state index is 7.63. The fourth-order valence-electron chi connectivity index (χ4n) is 0.676. The first-order chi connectivity index (χ1) is 5.63. The monoisotopic (exact) mass is 185 g/mol. The maximum atomic E-state index is 7.63. The lowest BCUT2D eigenvalue weighted by Gasteiger charge is -2.23. The van der Waals surface area contributed by atoms with Gasteiger partial charge in [-0.2, -0.15) is 0 Å². The summed E-state index contributed by atoms with van der Waals surface area (Å²) in [4.78, 5) is 0. The van der Waals surface area contributed by atoms with Crippen LogP contribution in [0.3, 0.4) is 0 Å². The predicted molar refractivity (Wildman–Crippen MR) is 57.2 cm³/mol. The zero-order valence-corrected chi connectivity index (χ0v) is 9.82. The van der Waals surface area contributed by atoms with Gasteiger partial charge in [-0.25, -0.2) is 0 Å². The minimum Gasteiger partial charge on any atom is -0.481 e. The minimum absolute atomic E-state index is 0.155. The number of rotatable bonds is 2. The normalized spacial score (nSPS) is 12.8. The molecule has 0 aromatic rings. The highest BCUT2D eigenvalue weighted by Crippen LogP contribution is 2.20. The Morgan fingerprint density at radius 1 is 1.08 bits per heavy atom. The molecule has 0 saturated heterocycles. The Balaban J connectivity index is 3.74. The molecule has 0 unspecified atom stereocenters. The molecule has 1 N–H and O–H groups in total. The predicted octanol–water partition coefficient (Wildman–Crippen LogP) is 3.46. The highest BCUT2D eigenvalue weighted by molar-refractivity contribution is 5.78. The summed E-state index contributed by atoms with van der Waals surface area (Å²) >= 11 is 0. The van der Waals surface area contributed by atoms with Crippen LogP contribution in [0.25, 0.3) is 0 Å². The molecule has 13 heavy (non-hydrogen) atoms. The van der Waals surface area contributed by atoms with Crippen molar-refractivity contribution >= 4 is 5.90 Å². The van der Waals surface area contributed by atoms with Crippen LogP contribution in [0.4, 0.5) is 0 Å². The van der Waals surface area contributed by atoms with Gasteiger partial charge in [0.05, 0.1) is 6.61 Å². The summed E-state index contributed by atoms with van der Waals surface area (Å²) in [6, 6.07) is 0. The van der Waals surface area contributed by atoms with E-state index in [9.17, 15) is 0 Å². The van der Waals surface area contributed by atoms with Gasteiger partial charge in [0.2, 0.25) is 0 Å². The van der Waals surface area contributed by atoms with Gasteiger partial charge in [0.25, 0.3) is 0 Å². The Kier molecular flexibility index (Phi) is 3.95. The lowest BCUT2D eigenvalue weighted by atomic mass is 9.92. The van der Waals surface area contributed by atoms with E-state index in [1.807, 2.05) is 20.8 Å². The molecule has 0 aliphatic heterocycles. The molecule has 0 aliphatic rings. The minimum atomic E-state index is -0.155. The lowest BCUT2D eigenvalue weighted by Crippen LogP contribution is -2.23. The van der Waals surface area contributed by atoms with E-state index >= 15 is 0 Å². The largest absolute Gasteiger partial charge is 0.481 e. The van der Waals surface area contributed by atoms with Crippen molar-refractivity contribution in [3.8, 4) is 0 Å². The van der Waals surface area contributed by atoms with Crippen LogP contribution in [0, 0.1) is 16.2 Å². The Hall–Kier alpha value is -0.530. The Morgan fingerprint density at radius 3 is 1.85 bits per heavy atom. The SMILES string of the molecule is CC(C)(C)CCOC(=N)C(C)(C)C. The first kappa shape index (κ1) is 12.5. The van der Waals surface area contributed by atoms with Gasteiger partial charge < -0.3 is 4.74 Å². The maximum Gasteiger partial charge on any atom is 0.185 e. The summed E-state index contributed by atoms with van der Waals surface area (Å²) in [5.74, 6) is 0.386. The summed E-state index contributed by atoms with van der Waals surface area (Å²) < 4.78 is 5.37. The molecule has 0 spiro atoms. The highest BCUT2D eigenvalue weighted by Gasteiger charge is 2.19. The third-order valence-corrected chi connectivity index (χ3v) is 1.78. The molecule has 0 saturated carbocycles. The average Bonchev–Trinajstić information content (AvgIpc) is 1.82. The standard InChI is InChI=1S/C11H23NO/c1-10(2,3)7-8-13-9(12)11(4,5)6/h12H,7-8H2,1-6H3. The van der Waals surface area contributed by atoms with Gasteiger partial charge >= 0.3 is 0 Å². The van der Waals surface area contributed by atoms with Crippen LogP contribution in [0.1, 0.15) is 48.0 Å². The number of ether oxygens (including phenoxy) is 1. The van der Waals surface area contributed by atoms with Gasteiger partial charge in [-0.3, -0.25) is 5.41 Å². The van der Waals surface area contributed by atoms with Gasteiger partial charge in [0.15, 0.2) is 5.90 Å². The molecule has 0 bridgehead atoms. The molecule has 0 aromatic carbocycles. The van der Waals surface area contributed by atoms with E-state index in [2.05, 4.69) is 20.8 Å². The van der Waals surface area contributed by atoms with Crippen LogP contribution in [-0.4, -0.2) is 12.5 Å². The van der Waals surface area contributed by atoms with Gasteiger partial charge in [0, 0.05) is 5.41 Å². The Bertz CT molecular complexity index is 172. The molecule has 0 rings (SSSR count). The first-order valence-electron chi connectivity index (χ1n) is 4.85. The fraction of sp³-hybridized carbons (Fsp3) is 0.909. The molecule has 2 nitrogen and oxygen atoms in total. The lowest BCUT2D eigenvalue weighted by molar-refractivity contribution is 0.209. The average molecular weight is 185 g/mol. The van der Waals surface area contributed by atoms with Crippen molar-refractivity contribution in [2.45, 2.75) is 48.0 Å². The van der Waals surface area contributed by atoms with E-state index in [1.165, 1.54) is 0 Å². The van der Waals surface area contributed by atoms with Crippen LogP contribution >= 0.6 is 0 Å². The van der Waals surface area contributed by atoms with Crippen LogP contribution in [0.2, 0.25) is 0 Å². The van der Waals surface area contributed by atoms with Crippen LogP contribution < -0.4 is 0 Å². The van der Waals surface area contributed by atoms with Gasteiger partial charge in [-0.05, 0) is 11.8 Å². The summed E-state index contributed by atoms with van der Waals surface area (Å²) in [6.45, 7) is 13.2. The van der Waals surface area contributed by atoms with Crippen molar-refractivity contribution in [1.82, 2.24) is 0 Å². The van der Waals surface area contributed by atoms with Gasteiger partial charge in [-0.1, -0.05) is 41.5 Å².